The number of halogens is 1. The van der Waals surface area contributed by atoms with E-state index >= 15 is 0 Å². The summed E-state index contributed by atoms with van der Waals surface area (Å²) < 4.78 is 0.905. The Hall–Kier alpha value is -3.17. The van der Waals surface area contributed by atoms with Crippen molar-refractivity contribution in [3.05, 3.63) is 110 Å². The van der Waals surface area contributed by atoms with Crippen LogP contribution in [-0.2, 0) is 28.3 Å². The number of nitrogens with zero attached hydrogens (tertiary/aromatic N) is 2. The van der Waals surface area contributed by atoms with Crippen LogP contribution in [0.4, 0.5) is 5.69 Å². The highest BCUT2D eigenvalue weighted by atomic mass is 79.9. The lowest BCUT2D eigenvalue weighted by atomic mass is 10.0. The molecule has 0 aliphatic heterocycles. The van der Waals surface area contributed by atoms with Gasteiger partial charge in [0, 0.05) is 41.9 Å². The van der Waals surface area contributed by atoms with Crippen molar-refractivity contribution in [1.82, 2.24) is 10.2 Å². The molecule has 0 aromatic heterocycles. The van der Waals surface area contributed by atoms with E-state index in [9.17, 15) is 19.7 Å². The molecule has 0 spiro atoms. The maximum absolute atomic E-state index is 13.7. The van der Waals surface area contributed by atoms with E-state index in [-0.39, 0.29) is 23.3 Å². The number of nitro groups is 1. The van der Waals surface area contributed by atoms with Crippen LogP contribution in [0.1, 0.15) is 36.5 Å². The monoisotopic (exact) mass is 597 g/mol. The lowest BCUT2D eigenvalue weighted by Gasteiger charge is -2.31. The molecule has 2 amide bonds. The molecule has 3 rings (SSSR count). The number of carbonyl (C=O) groups is 2. The summed E-state index contributed by atoms with van der Waals surface area (Å²) in [6.45, 7) is 2.93. The van der Waals surface area contributed by atoms with E-state index < -0.39 is 11.0 Å². The van der Waals surface area contributed by atoms with Crippen LogP contribution in [-0.4, -0.2) is 40.0 Å². The molecule has 3 aromatic carbocycles. The summed E-state index contributed by atoms with van der Waals surface area (Å²) in [6.07, 6.45) is 2.24. The first-order valence-corrected chi connectivity index (χ1v) is 14.5. The van der Waals surface area contributed by atoms with Crippen molar-refractivity contribution in [1.29, 1.82) is 0 Å². The molecule has 1 atom stereocenters. The summed E-state index contributed by atoms with van der Waals surface area (Å²) in [6, 6.07) is 23.2. The van der Waals surface area contributed by atoms with Gasteiger partial charge in [0.2, 0.25) is 11.8 Å². The van der Waals surface area contributed by atoms with Gasteiger partial charge in [0.1, 0.15) is 6.04 Å². The minimum atomic E-state index is -0.666. The molecule has 0 fully saturated rings. The topological polar surface area (TPSA) is 92.6 Å². The Balaban J connectivity index is 1.80. The second-order valence-electron chi connectivity index (χ2n) is 8.92. The summed E-state index contributed by atoms with van der Waals surface area (Å²) in [5.74, 6) is 0.411. The zero-order chi connectivity index (χ0) is 27.3. The molecule has 0 saturated heterocycles. The number of non-ortho nitro benzene ring substituents is 1. The van der Waals surface area contributed by atoms with Crippen LogP contribution in [0.5, 0.6) is 0 Å². The summed E-state index contributed by atoms with van der Waals surface area (Å²) in [4.78, 5) is 39.2. The zero-order valence-corrected chi connectivity index (χ0v) is 23.7. The Morgan fingerprint density at radius 3 is 2.37 bits per heavy atom. The minimum absolute atomic E-state index is 0.0351. The highest BCUT2D eigenvalue weighted by molar-refractivity contribution is 9.10. The molecule has 7 nitrogen and oxygen atoms in total. The van der Waals surface area contributed by atoms with Crippen LogP contribution in [0.3, 0.4) is 0 Å². The van der Waals surface area contributed by atoms with Gasteiger partial charge in [-0.05, 0) is 35.2 Å². The lowest BCUT2D eigenvalue weighted by molar-refractivity contribution is -0.384. The van der Waals surface area contributed by atoms with Gasteiger partial charge in [0.05, 0.1) is 10.7 Å². The van der Waals surface area contributed by atoms with Crippen LogP contribution >= 0.6 is 27.7 Å². The fourth-order valence-electron chi connectivity index (χ4n) is 3.95. The van der Waals surface area contributed by atoms with Crippen LogP contribution in [0.15, 0.2) is 83.3 Å². The molecule has 0 bridgehead atoms. The van der Waals surface area contributed by atoms with Gasteiger partial charge in [-0.1, -0.05) is 83.9 Å². The minimum Gasteiger partial charge on any atom is -0.354 e. The van der Waals surface area contributed by atoms with Gasteiger partial charge >= 0.3 is 0 Å². The third kappa shape index (κ3) is 9.29. The molecule has 3 aromatic rings. The largest absolute Gasteiger partial charge is 0.354 e. The fraction of sp³-hybridized carbons (Fsp3) is 0.310. The van der Waals surface area contributed by atoms with Gasteiger partial charge in [-0.25, -0.2) is 0 Å². The third-order valence-corrected chi connectivity index (χ3v) is 7.47. The van der Waals surface area contributed by atoms with E-state index in [1.807, 2.05) is 54.6 Å². The molecule has 1 unspecified atom stereocenters. The summed E-state index contributed by atoms with van der Waals surface area (Å²) in [5, 5.41) is 13.9. The van der Waals surface area contributed by atoms with E-state index in [4.69, 9.17) is 0 Å². The van der Waals surface area contributed by atoms with Gasteiger partial charge in [-0.3, -0.25) is 19.7 Å². The molecular formula is C29H32BrN3O4S. The number of nitrogens with one attached hydrogen (secondary N) is 1. The molecule has 0 heterocycles. The maximum atomic E-state index is 13.7. The highest BCUT2D eigenvalue weighted by Gasteiger charge is 2.30. The van der Waals surface area contributed by atoms with Crippen molar-refractivity contribution in [2.45, 2.75) is 44.5 Å². The zero-order valence-electron chi connectivity index (χ0n) is 21.3. The lowest BCUT2D eigenvalue weighted by Crippen LogP contribution is -2.51. The number of thioether (sulfide) groups is 1. The van der Waals surface area contributed by atoms with E-state index in [0.717, 1.165) is 34.0 Å². The summed E-state index contributed by atoms with van der Waals surface area (Å²) in [7, 11) is 0. The first-order chi connectivity index (χ1) is 18.4. The van der Waals surface area contributed by atoms with Crippen molar-refractivity contribution in [2.24, 2.45) is 0 Å². The number of hydrogen-bond donors (Lipinski definition) is 1. The first kappa shape index (κ1) is 29.4. The molecule has 0 radical (unpaired) electrons. The van der Waals surface area contributed by atoms with Gasteiger partial charge in [-0.2, -0.15) is 0 Å². The first-order valence-electron chi connectivity index (χ1n) is 12.5. The average Bonchev–Trinajstić information content (AvgIpc) is 2.91. The van der Waals surface area contributed by atoms with Crippen LogP contribution in [0.25, 0.3) is 0 Å². The van der Waals surface area contributed by atoms with Crippen LogP contribution in [0.2, 0.25) is 0 Å². The Kier molecular flexibility index (Phi) is 11.8. The van der Waals surface area contributed by atoms with Crippen molar-refractivity contribution < 1.29 is 14.5 Å². The normalized spacial score (nSPS) is 11.5. The standard InChI is InChI=1S/C29H32BrN3O4S/c1-2-3-16-31-29(35)27(18-22-8-5-4-6-9-22)32(19-24-10-7-11-25(30)17-24)28(34)21-38-20-23-12-14-26(15-13-23)33(36)37/h4-15,17,27H,2-3,16,18-21H2,1H3,(H,31,35). The molecular weight excluding hydrogens is 566 g/mol. The number of benzene rings is 3. The third-order valence-electron chi connectivity index (χ3n) is 5.98. The Morgan fingerprint density at radius 2 is 1.71 bits per heavy atom. The van der Waals surface area contributed by atoms with E-state index in [1.165, 1.54) is 23.9 Å². The Morgan fingerprint density at radius 1 is 1.00 bits per heavy atom. The van der Waals surface area contributed by atoms with Crippen LogP contribution in [0, 0.1) is 10.1 Å². The molecule has 0 aliphatic carbocycles. The number of amides is 2. The van der Waals surface area contributed by atoms with Crippen molar-refractivity contribution in [2.75, 3.05) is 12.3 Å². The van der Waals surface area contributed by atoms with Crippen molar-refractivity contribution in [3.63, 3.8) is 0 Å². The van der Waals surface area contributed by atoms with E-state index in [1.54, 1.807) is 17.0 Å². The van der Waals surface area contributed by atoms with Gasteiger partial charge in [0.15, 0.2) is 0 Å². The maximum Gasteiger partial charge on any atom is 0.269 e. The second-order valence-corrected chi connectivity index (χ2v) is 10.8. The number of hydrogen-bond acceptors (Lipinski definition) is 5. The van der Waals surface area contributed by atoms with Gasteiger partial charge in [0.25, 0.3) is 5.69 Å². The number of nitro benzene ring substituents is 1. The predicted molar refractivity (Wildman–Crippen MR) is 156 cm³/mol. The molecule has 0 aliphatic rings. The van der Waals surface area contributed by atoms with Crippen LogP contribution < -0.4 is 5.32 Å². The van der Waals surface area contributed by atoms with E-state index in [0.29, 0.717) is 25.3 Å². The Bertz CT molecular complexity index is 1210. The van der Waals surface area contributed by atoms with Crippen molar-refractivity contribution in [3.8, 4) is 0 Å². The highest BCUT2D eigenvalue weighted by Crippen LogP contribution is 2.21. The van der Waals surface area contributed by atoms with Crippen molar-refractivity contribution >= 4 is 45.2 Å². The summed E-state index contributed by atoms with van der Waals surface area (Å²) in [5.41, 5.74) is 2.83. The number of carbonyl (C=O) groups excluding carboxylic acids is 2. The predicted octanol–water partition coefficient (Wildman–Crippen LogP) is 6.15. The Labute approximate surface area is 236 Å². The fourth-order valence-corrected chi connectivity index (χ4v) is 5.26. The molecule has 38 heavy (non-hydrogen) atoms. The average molecular weight is 599 g/mol. The SMILES string of the molecule is CCCCNC(=O)C(Cc1ccccc1)N(Cc1cccc(Br)c1)C(=O)CSCc1ccc([N+](=O)[O-])cc1. The second kappa shape index (κ2) is 15.3. The summed E-state index contributed by atoms with van der Waals surface area (Å²) >= 11 is 4.93. The number of unbranched alkanes of at least 4 members (excludes halogenated alkanes) is 1. The van der Waals surface area contributed by atoms with Gasteiger partial charge < -0.3 is 10.2 Å². The molecule has 1 N–H and O–H groups in total. The smallest absolute Gasteiger partial charge is 0.269 e. The molecule has 9 heteroatoms. The number of rotatable bonds is 14. The quantitative estimate of drug-likeness (QED) is 0.137. The van der Waals surface area contributed by atoms with E-state index in [2.05, 4.69) is 28.2 Å². The molecule has 0 saturated carbocycles. The molecule has 200 valence electrons. The van der Waals surface area contributed by atoms with Gasteiger partial charge in [-0.15, -0.1) is 11.8 Å².